The Bertz CT molecular complexity index is 432. The van der Waals surface area contributed by atoms with Gasteiger partial charge >= 0.3 is 0 Å². The van der Waals surface area contributed by atoms with E-state index in [-0.39, 0.29) is 5.82 Å². The molecule has 0 aliphatic carbocycles. The van der Waals surface area contributed by atoms with Crippen LogP contribution in [-0.4, -0.2) is 5.71 Å². The van der Waals surface area contributed by atoms with Crippen molar-refractivity contribution in [3.8, 4) is 0 Å². The van der Waals surface area contributed by atoms with Crippen LogP contribution in [0.25, 0.3) is 0 Å². The fourth-order valence-electron chi connectivity index (χ4n) is 1.25. The van der Waals surface area contributed by atoms with Crippen LogP contribution in [0.5, 0.6) is 0 Å². The maximum absolute atomic E-state index is 12.7. The molecule has 0 spiro atoms. The van der Waals surface area contributed by atoms with Gasteiger partial charge in [-0.2, -0.15) is 5.10 Å². The highest BCUT2D eigenvalue weighted by atomic mass is 19.1. The average Bonchev–Trinajstić information content (AvgIpc) is 2.35. The zero-order valence-electron chi connectivity index (χ0n) is 10.4. The molecular weight excluding hydrogens is 217 g/mol. The standard InChI is InChI=1S/C13H18FN3/c1-4-13(15)9(2)10(3)16-17-12-7-5-11(14)6-8-12/h5-8,17H,4,15H2,1-3H3. The summed E-state index contributed by atoms with van der Waals surface area (Å²) >= 11 is 0. The number of halogens is 1. The Balaban J connectivity index is 2.74. The van der Waals surface area contributed by atoms with Crippen molar-refractivity contribution < 1.29 is 4.39 Å². The first kappa shape index (κ1) is 13.2. The molecule has 92 valence electrons. The number of nitrogens with one attached hydrogen (secondary N) is 1. The van der Waals surface area contributed by atoms with Gasteiger partial charge in [0.05, 0.1) is 11.4 Å². The number of hydrogen-bond donors (Lipinski definition) is 2. The van der Waals surface area contributed by atoms with Crippen LogP contribution in [-0.2, 0) is 0 Å². The molecule has 17 heavy (non-hydrogen) atoms. The molecule has 0 saturated carbocycles. The van der Waals surface area contributed by atoms with Gasteiger partial charge in [-0.3, -0.25) is 5.43 Å². The summed E-state index contributed by atoms with van der Waals surface area (Å²) in [5.74, 6) is -0.262. The average molecular weight is 235 g/mol. The van der Waals surface area contributed by atoms with Crippen LogP contribution in [0.1, 0.15) is 27.2 Å². The van der Waals surface area contributed by atoms with E-state index in [4.69, 9.17) is 5.73 Å². The van der Waals surface area contributed by atoms with Crippen molar-refractivity contribution in [3.05, 3.63) is 41.4 Å². The Labute approximate surface area is 101 Å². The molecule has 1 aromatic carbocycles. The summed E-state index contributed by atoms with van der Waals surface area (Å²) in [4.78, 5) is 0. The number of benzene rings is 1. The Morgan fingerprint density at radius 3 is 2.41 bits per heavy atom. The third-order valence-electron chi connectivity index (χ3n) is 2.60. The molecule has 0 aliphatic rings. The minimum atomic E-state index is -0.262. The number of anilines is 1. The van der Waals surface area contributed by atoms with Gasteiger partial charge in [0.15, 0.2) is 0 Å². The van der Waals surface area contributed by atoms with Gasteiger partial charge in [0.2, 0.25) is 0 Å². The second-order valence-electron chi connectivity index (χ2n) is 3.82. The van der Waals surface area contributed by atoms with Crippen LogP contribution in [0.3, 0.4) is 0 Å². The number of rotatable bonds is 4. The zero-order chi connectivity index (χ0) is 12.8. The van der Waals surface area contributed by atoms with Crippen molar-refractivity contribution in [2.75, 3.05) is 5.43 Å². The second-order valence-corrected chi connectivity index (χ2v) is 3.82. The lowest BCUT2D eigenvalue weighted by molar-refractivity contribution is 0.628. The third kappa shape index (κ3) is 3.90. The number of nitrogens with zero attached hydrogens (tertiary/aromatic N) is 1. The van der Waals surface area contributed by atoms with Crippen LogP contribution in [0.15, 0.2) is 40.6 Å². The molecule has 0 amide bonds. The van der Waals surface area contributed by atoms with Gasteiger partial charge in [-0.15, -0.1) is 0 Å². The molecule has 4 heteroatoms. The first-order valence-corrected chi connectivity index (χ1v) is 5.56. The van der Waals surface area contributed by atoms with E-state index in [1.54, 1.807) is 12.1 Å². The largest absolute Gasteiger partial charge is 0.402 e. The summed E-state index contributed by atoms with van der Waals surface area (Å²) in [6.45, 7) is 5.82. The number of hydrogen-bond acceptors (Lipinski definition) is 3. The Kier molecular flexibility index (Phi) is 4.69. The SMILES string of the molecule is CCC(N)=C(C)C(C)=NNc1ccc(F)cc1. The summed E-state index contributed by atoms with van der Waals surface area (Å²) in [6.07, 6.45) is 0.801. The van der Waals surface area contributed by atoms with Crippen molar-refractivity contribution in [1.29, 1.82) is 0 Å². The van der Waals surface area contributed by atoms with Crippen molar-refractivity contribution in [2.24, 2.45) is 10.8 Å². The maximum Gasteiger partial charge on any atom is 0.123 e. The van der Waals surface area contributed by atoms with Crippen LogP contribution >= 0.6 is 0 Å². The summed E-state index contributed by atoms with van der Waals surface area (Å²) in [6, 6.07) is 6.04. The Hall–Kier alpha value is -1.84. The van der Waals surface area contributed by atoms with Crippen LogP contribution < -0.4 is 11.2 Å². The van der Waals surface area contributed by atoms with E-state index in [2.05, 4.69) is 10.5 Å². The summed E-state index contributed by atoms with van der Waals surface area (Å²) < 4.78 is 12.7. The number of nitrogens with two attached hydrogens (primary N) is 1. The highest BCUT2D eigenvalue weighted by Crippen LogP contribution is 2.09. The molecule has 3 nitrogen and oxygen atoms in total. The monoisotopic (exact) mass is 235 g/mol. The zero-order valence-corrected chi connectivity index (χ0v) is 10.4. The molecule has 0 heterocycles. The molecule has 0 unspecified atom stereocenters. The van der Waals surface area contributed by atoms with Gasteiger partial charge in [0, 0.05) is 5.70 Å². The van der Waals surface area contributed by atoms with Gasteiger partial charge in [0.1, 0.15) is 5.82 Å². The summed E-state index contributed by atoms with van der Waals surface area (Å²) in [5, 5.41) is 4.20. The molecule has 1 aromatic rings. The molecule has 0 fully saturated rings. The quantitative estimate of drug-likeness (QED) is 0.621. The normalized spacial score (nSPS) is 13.3. The predicted octanol–water partition coefficient (Wildman–Crippen LogP) is 3.26. The van der Waals surface area contributed by atoms with Crippen LogP contribution in [0.4, 0.5) is 10.1 Å². The van der Waals surface area contributed by atoms with Gasteiger partial charge < -0.3 is 5.73 Å². The van der Waals surface area contributed by atoms with Crippen molar-refractivity contribution in [1.82, 2.24) is 0 Å². The van der Waals surface area contributed by atoms with Crippen molar-refractivity contribution in [2.45, 2.75) is 27.2 Å². The molecule has 0 radical (unpaired) electrons. The summed E-state index contributed by atoms with van der Waals surface area (Å²) in [5.41, 5.74) is 12.1. The van der Waals surface area contributed by atoms with Crippen molar-refractivity contribution >= 4 is 11.4 Å². The van der Waals surface area contributed by atoms with Crippen molar-refractivity contribution in [3.63, 3.8) is 0 Å². The molecule has 0 bridgehead atoms. The third-order valence-corrected chi connectivity index (χ3v) is 2.60. The molecule has 0 atom stereocenters. The Morgan fingerprint density at radius 2 is 1.88 bits per heavy atom. The van der Waals surface area contributed by atoms with Gasteiger partial charge in [-0.05, 0) is 50.1 Å². The summed E-state index contributed by atoms with van der Waals surface area (Å²) in [7, 11) is 0. The van der Waals surface area contributed by atoms with E-state index in [0.717, 1.165) is 29.1 Å². The van der Waals surface area contributed by atoms with Crippen LogP contribution in [0, 0.1) is 5.82 Å². The molecule has 0 saturated heterocycles. The lowest BCUT2D eigenvalue weighted by Crippen LogP contribution is -2.07. The first-order chi connectivity index (χ1) is 8.04. The van der Waals surface area contributed by atoms with E-state index in [1.807, 2.05) is 20.8 Å². The topological polar surface area (TPSA) is 50.4 Å². The minimum Gasteiger partial charge on any atom is -0.402 e. The molecule has 0 aliphatic heterocycles. The van der Waals surface area contributed by atoms with Gasteiger partial charge in [-0.25, -0.2) is 4.39 Å². The van der Waals surface area contributed by atoms with Crippen LogP contribution in [0.2, 0.25) is 0 Å². The van der Waals surface area contributed by atoms with E-state index >= 15 is 0 Å². The molecule has 3 N–H and O–H groups in total. The fourth-order valence-corrected chi connectivity index (χ4v) is 1.25. The maximum atomic E-state index is 12.7. The molecular formula is C13H18FN3. The van der Waals surface area contributed by atoms with Gasteiger partial charge in [-0.1, -0.05) is 6.92 Å². The smallest absolute Gasteiger partial charge is 0.123 e. The van der Waals surface area contributed by atoms with E-state index in [0.29, 0.717) is 0 Å². The van der Waals surface area contributed by atoms with E-state index in [1.165, 1.54) is 12.1 Å². The van der Waals surface area contributed by atoms with Gasteiger partial charge in [0.25, 0.3) is 0 Å². The molecule has 0 aromatic heterocycles. The fraction of sp³-hybridized carbons (Fsp3) is 0.308. The highest BCUT2D eigenvalue weighted by molar-refractivity contribution is 5.98. The van der Waals surface area contributed by atoms with E-state index in [9.17, 15) is 4.39 Å². The Morgan fingerprint density at radius 1 is 1.29 bits per heavy atom. The van der Waals surface area contributed by atoms with E-state index < -0.39 is 0 Å². The number of hydrazone groups is 1. The molecule has 1 rings (SSSR count). The minimum absolute atomic E-state index is 0.262. The predicted molar refractivity (Wildman–Crippen MR) is 70.3 cm³/mol. The number of allylic oxidation sites excluding steroid dienone is 2. The lowest BCUT2D eigenvalue weighted by atomic mass is 10.1. The second kappa shape index (κ2) is 6.03. The first-order valence-electron chi connectivity index (χ1n) is 5.56. The highest BCUT2D eigenvalue weighted by Gasteiger charge is 2.00. The lowest BCUT2D eigenvalue weighted by Gasteiger charge is -2.06.